The molecule has 0 amide bonds. The molecule has 3 nitrogen and oxygen atoms in total. The van der Waals surface area contributed by atoms with Crippen LogP contribution in [-0.2, 0) is 0 Å². The lowest BCUT2D eigenvalue weighted by molar-refractivity contribution is 0.364. The monoisotopic (exact) mass is 309 g/mol. The van der Waals surface area contributed by atoms with E-state index in [0.29, 0.717) is 13.0 Å². The third kappa shape index (κ3) is 2.27. The second-order valence-corrected chi connectivity index (χ2v) is 5.26. The summed E-state index contributed by atoms with van der Waals surface area (Å²) in [5.41, 5.74) is 2.13. The number of hydrogen-bond acceptors (Lipinski definition) is 2. The van der Waals surface area contributed by atoms with Gasteiger partial charge in [0.25, 0.3) is 0 Å². The van der Waals surface area contributed by atoms with Crippen LogP contribution in [0.2, 0.25) is 0 Å². The standard InChI is InChI=1S/C13H13BrFN3/c14-13-8-18(9-16-13)12-3-1-11(2-4-12)17-6-5-10(15)7-17/h1-4,8-10H,5-7H2. The molecule has 1 saturated heterocycles. The van der Waals surface area contributed by atoms with Gasteiger partial charge in [-0.25, -0.2) is 9.37 Å². The lowest BCUT2D eigenvalue weighted by Gasteiger charge is -2.17. The highest BCUT2D eigenvalue weighted by atomic mass is 79.9. The van der Waals surface area contributed by atoms with Gasteiger partial charge in [-0.2, -0.15) is 0 Å². The Kier molecular flexibility index (Phi) is 3.07. The largest absolute Gasteiger partial charge is 0.369 e. The van der Waals surface area contributed by atoms with Crippen LogP contribution in [0.25, 0.3) is 5.69 Å². The molecule has 94 valence electrons. The molecule has 1 fully saturated rings. The molecule has 0 radical (unpaired) electrons. The molecule has 1 aliphatic heterocycles. The Morgan fingerprint density at radius 3 is 2.50 bits per heavy atom. The van der Waals surface area contributed by atoms with Crippen LogP contribution in [0, 0.1) is 0 Å². The molecule has 3 rings (SSSR count). The van der Waals surface area contributed by atoms with Crippen molar-refractivity contribution in [2.45, 2.75) is 12.6 Å². The van der Waals surface area contributed by atoms with E-state index in [2.05, 4.69) is 25.8 Å². The summed E-state index contributed by atoms with van der Waals surface area (Å²) < 4.78 is 15.9. The first-order chi connectivity index (χ1) is 8.72. The smallest absolute Gasteiger partial charge is 0.124 e. The number of anilines is 1. The van der Waals surface area contributed by atoms with Gasteiger partial charge in [0.2, 0.25) is 0 Å². The fraction of sp³-hybridized carbons (Fsp3) is 0.308. The first kappa shape index (κ1) is 11.7. The van der Waals surface area contributed by atoms with Crippen LogP contribution in [0.5, 0.6) is 0 Å². The van der Waals surface area contributed by atoms with Gasteiger partial charge >= 0.3 is 0 Å². The van der Waals surface area contributed by atoms with E-state index in [1.165, 1.54) is 0 Å². The minimum atomic E-state index is -0.686. The van der Waals surface area contributed by atoms with E-state index in [1.807, 2.05) is 35.0 Å². The van der Waals surface area contributed by atoms with Crippen LogP contribution in [0.4, 0.5) is 10.1 Å². The number of nitrogens with zero attached hydrogens (tertiary/aromatic N) is 3. The fourth-order valence-electron chi connectivity index (χ4n) is 2.23. The average molecular weight is 310 g/mol. The van der Waals surface area contributed by atoms with Gasteiger partial charge in [0.15, 0.2) is 0 Å². The summed E-state index contributed by atoms with van der Waals surface area (Å²) in [6.45, 7) is 1.31. The summed E-state index contributed by atoms with van der Waals surface area (Å²) in [5.74, 6) is 0. The highest BCUT2D eigenvalue weighted by Crippen LogP contribution is 2.23. The van der Waals surface area contributed by atoms with E-state index in [-0.39, 0.29) is 0 Å². The Labute approximate surface area is 113 Å². The van der Waals surface area contributed by atoms with E-state index in [9.17, 15) is 4.39 Å². The van der Waals surface area contributed by atoms with Crippen molar-refractivity contribution in [1.82, 2.24) is 9.55 Å². The lowest BCUT2D eigenvalue weighted by Crippen LogP contribution is -2.19. The van der Waals surface area contributed by atoms with Gasteiger partial charge in [-0.05, 0) is 46.6 Å². The van der Waals surface area contributed by atoms with Gasteiger partial charge in [-0.15, -0.1) is 0 Å². The zero-order valence-corrected chi connectivity index (χ0v) is 11.3. The Balaban J connectivity index is 1.81. The van der Waals surface area contributed by atoms with E-state index in [0.717, 1.165) is 22.5 Å². The highest BCUT2D eigenvalue weighted by Gasteiger charge is 2.21. The quantitative estimate of drug-likeness (QED) is 0.849. The summed E-state index contributed by atoms with van der Waals surface area (Å²) >= 11 is 3.32. The van der Waals surface area contributed by atoms with Crippen LogP contribution >= 0.6 is 15.9 Å². The van der Waals surface area contributed by atoms with Gasteiger partial charge in [0.05, 0.1) is 0 Å². The summed E-state index contributed by atoms with van der Waals surface area (Å²) in [4.78, 5) is 6.20. The maximum absolute atomic E-state index is 13.1. The molecule has 1 atom stereocenters. The van der Waals surface area contributed by atoms with E-state index in [4.69, 9.17) is 0 Å². The number of imidazole rings is 1. The predicted molar refractivity (Wildman–Crippen MR) is 73.0 cm³/mol. The number of aromatic nitrogens is 2. The first-order valence-electron chi connectivity index (χ1n) is 5.91. The van der Waals surface area contributed by atoms with E-state index >= 15 is 0 Å². The first-order valence-corrected chi connectivity index (χ1v) is 6.70. The van der Waals surface area contributed by atoms with Crippen molar-refractivity contribution in [1.29, 1.82) is 0 Å². The van der Waals surface area contributed by atoms with Gasteiger partial charge in [0.1, 0.15) is 17.1 Å². The summed E-state index contributed by atoms with van der Waals surface area (Å²) in [6.07, 6.45) is 3.61. The second-order valence-electron chi connectivity index (χ2n) is 4.45. The van der Waals surface area contributed by atoms with Gasteiger partial charge in [-0.1, -0.05) is 0 Å². The molecule has 2 aromatic rings. The Bertz CT molecular complexity index is 537. The van der Waals surface area contributed by atoms with Crippen LogP contribution in [0.1, 0.15) is 6.42 Å². The van der Waals surface area contributed by atoms with Crippen LogP contribution < -0.4 is 4.90 Å². The Hall–Kier alpha value is -1.36. The fourth-order valence-corrected chi connectivity index (χ4v) is 2.54. The third-order valence-electron chi connectivity index (χ3n) is 3.19. The molecule has 0 N–H and O–H groups in total. The van der Waals surface area contributed by atoms with Crippen LogP contribution in [0.3, 0.4) is 0 Å². The zero-order valence-electron chi connectivity index (χ0n) is 9.76. The second kappa shape index (κ2) is 4.72. The summed E-state index contributed by atoms with van der Waals surface area (Å²) in [5, 5.41) is 0. The Morgan fingerprint density at radius 2 is 1.94 bits per heavy atom. The SMILES string of the molecule is FC1CCN(c2ccc(-n3cnc(Br)c3)cc2)C1. The average Bonchev–Trinajstić information content (AvgIpc) is 2.98. The minimum Gasteiger partial charge on any atom is -0.369 e. The minimum absolute atomic E-state index is 0.510. The van der Waals surface area contributed by atoms with Gasteiger partial charge in [-0.3, -0.25) is 0 Å². The number of benzene rings is 1. The van der Waals surface area contributed by atoms with Crippen molar-refractivity contribution in [2.75, 3.05) is 18.0 Å². The maximum Gasteiger partial charge on any atom is 0.124 e. The van der Waals surface area contributed by atoms with Crippen molar-refractivity contribution in [2.24, 2.45) is 0 Å². The highest BCUT2D eigenvalue weighted by molar-refractivity contribution is 9.10. The Morgan fingerprint density at radius 1 is 1.22 bits per heavy atom. The van der Waals surface area contributed by atoms with E-state index < -0.39 is 6.17 Å². The maximum atomic E-state index is 13.1. The number of halogens is 2. The topological polar surface area (TPSA) is 21.1 Å². The molecule has 1 unspecified atom stereocenters. The normalized spacial score (nSPS) is 19.4. The molecular weight excluding hydrogens is 297 g/mol. The molecule has 2 heterocycles. The molecule has 1 aromatic carbocycles. The van der Waals surface area contributed by atoms with Gasteiger partial charge < -0.3 is 9.47 Å². The molecule has 0 spiro atoms. The van der Waals surface area contributed by atoms with Crippen molar-refractivity contribution >= 4 is 21.6 Å². The van der Waals surface area contributed by atoms with Crippen molar-refractivity contribution in [3.8, 4) is 5.69 Å². The van der Waals surface area contributed by atoms with Gasteiger partial charge in [0, 0.05) is 30.7 Å². The molecule has 1 aromatic heterocycles. The lowest BCUT2D eigenvalue weighted by atomic mass is 10.2. The number of hydrogen-bond donors (Lipinski definition) is 0. The molecule has 18 heavy (non-hydrogen) atoms. The summed E-state index contributed by atoms with van der Waals surface area (Å²) in [6, 6.07) is 8.10. The summed E-state index contributed by atoms with van der Waals surface area (Å²) in [7, 11) is 0. The molecule has 0 bridgehead atoms. The molecule has 1 aliphatic rings. The molecule has 0 aliphatic carbocycles. The molecule has 5 heteroatoms. The van der Waals surface area contributed by atoms with Crippen molar-refractivity contribution in [3.63, 3.8) is 0 Å². The molecule has 0 saturated carbocycles. The third-order valence-corrected chi connectivity index (χ3v) is 3.60. The van der Waals surface area contributed by atoms with E-state index in [1.54, 1.807) is 6.33 Å². The zero-order chi connectivity index (χ0) is 12.5. The van der Waals surface area contributed by atoms with Crippen LogP contribution in [0.15, 0.2) is 41.4 Å². The number of rotatable bonds is 2. The number of alkyl halides is 1. The predicted octanol–water partition coefficient (Wildman–Crippen LogP) is 3.18. The van der Waals surface area contributed by atoms with Crippen molar-refractivity contribution in [3.05, 3.63) is 41.4 Å². The van der Waals surface area contributed by atoms with Crippen LogP contribution in [-0.4, -0.2) is 28.8 Å². The molecular formula is C13H13BrFN3. The van der Waals surface area contributed by atoms with Crippen molar-refractivity contribution < 1.29 is 4.39 Å².